The average molecular weight is 250 g/mol. The smallest absolute Gasteiger partial charge is 0.124 e. The van der Waals surface area contributed by atoms with Crippen molar-refractivity contribution in [2.45, 2.75) is 31.7 Å². The normalized spacial score (nSPS) is 19.4. The summed E-state index contributed by atoms with van der Waals surface area (Å²) in [6.45, 7) is 2.54. The summed E-state index contributed by atoms with van der Waals surface area (Å²) in [4.78, 5) is 2.35. The predicted octanol–water partition coefficient (Wildman–Crippen LogP) is 1.97. The van der Waals surface area contributed by atoms with Gasteiger partial charge in [0.05, 0.1) is 6.04 Å². The van der Waals surface area contributed by atoms with E-state index >= 15 is 0 Å². The standard InChI is InChI=1S/C14H22N2O2/c15-10-13(16-7-3-1-2-4-8-16)12-6-5-11(17)9-14(12)18/h5-6,9,13,17-18H,1-4,7-8,10,15H2. The van der Waals surface area contributed by atoms with E-state index in [2.05, 4.69) is 4.90 Å². The Bertz CT molecular complexity index is 387. The Hall–Kier alpha value is -1.26. The summed E-state index contributed by atoms with van der Waals surface area (Å²) < 4.78 is 0. The van der Waals surface area contributed by atoms with Crippen molar-refractivity contribution < 1.29 is 10.2 Å². The first-order valence-corrected chi connectivity index (χ1v) is 6.68. The van der Waals surface area contributed by atoms with Crippen LogP contribution in [0.1, 0.15) is 37.3 Å². The summed E-state index contributed by atoms with van der Waals surface area (Å²) in [5.74, 6) is 0.220. The van der Waals surface area contributed by atoms with E-state index < -0.39 is 0 Å². The second kappa shape index (κ2) is 6.07. The van der Waals surface area contributed by atoms with Crippen molar-refractivity contribution in [1.82, 2.24) is 4.90 Å². The molecule has 2 rings (SSSR count). The van der Waals surface area contributed by atoms with Crippen LogP contribution in [0.25, 0.3) is 0 Å². The quantitative estimate of drug-likeness (QED) is 0.767. The van der Waals surface area contributed by atoms with Gasteiger partial charge in [-0.1, -0.05) is 18.9 Å². The third-order valence-corrected chi connectivity index (χ3v) is 3.68. The Labute approximate surface area is 108 Å². The minimum Gasteiger partial charge on any atom is -0.508 e. The Morgan fingerprint density at radius 1 is 1.11 bits per heavy atom. The molecule has 1 aromatic rings. The fourth-order valence-electron chi connectivity index (χ4n) is 2.69. The molecule has 1 aromatic carbocycles. The molecule has 0 aromatic heterocycles. The van der Waals surface area contributed by atoms with Gasteiger partial charge in [-0.25, -0.2) is 0 Å². The first-order valence-electron chi connectivity index (χ1n) is 6.68. The van der Waals surface area contributed by atoms with E-state index in [1.165, 1.54) is 31.7 Å². The highest BCUT2D eigenvalue weighted by Gasteiger charge is 2.22. The monoisotopic (exact) mass is 250 g/mol. The van der Waals surface area contributed by atoms with Gasteiger partial charge in [0.25, 0.3) is 0 Å². The highest BCUT2D eigenvalue weighted by Crippen LogP contribution is 2.32. The van der Waals surface area contributed by atoms with Crippen LogP contribution in [0.5, 0.6) is 11.5 Å². The van der Waals surface area contributed by atoms with E-state index in [1.54, 1.807) is 12.1 Å². The Kier molecular flexibility index (Phi) is 4.44. The largest absolute Gasteiger partial charge is 0.508 e. The molecule has 1 saturated heterocycles. The minimum atomic E-state index is 0.0451. The summed E-state index contributed by atoms with van der Waals surface area (Å²) in [7, 11) is 0. The van der Waals surface area contributed by atoms with Crippen molar-refractivity contribution in [2.75, 3.05) is 19.6 Å². The highest BCUT2D eigenvalue weighted by molar-refractivity contribution is 5.41. The van der Waals surface area contributed by atoms with Crippen LogP contribution in [0.3, 0.4) is 0 Å². The van der Waals surface area contributed by atoms with Crippen LogP contribution in [0.15, 0.2) is 18.2 Å². The molecule has 18 heavy (non-hydrogen) atoms. The number of phenols is 2. The maximum absolute atomic E-state index is 9.95. The zero-order valence-corrected chi connectivity index (χ0v) is 10.7. The van der Waals surface area contributed by atoms with Gasteiger partial charge in [-0.2, -0.15) is 0 Å². The molecule has 4 nitrogen and oxygen atoms in total. The first-order chi connectivity index (χ1) is 8.72. The summed E-state index contributed by atoms with van der Waals surface area (Å²) in [5.41, 5.74) is 6.70. The molecular formula is C14H22N2O2. The SMILES string of the molecule is NCC(c1ccc(O)cc1O)N1CCCCCC1. The number of benzene rings is 1. The van der Waals surface area contributed by atoms with Crippen molar-refractivity contribution in [2.24, 2.45) is 5.73 Å². The molecule has 100 valence electrons. The minimum absolute atomic E-state index is 0.0451. The van der Waals surface area contributed by atoms with Gasteiger partial charge in [-0.15, -0.1) is 0 Å². The molecule has 0 spiro atoms. The van der Waals surface area contributed by atoms with Crippen LogP contribution < -0.4 is 5.73 Å². The zero-order chi connectivity index (χ0) is 13.0. The van der Waals surface area contributed by atoms with Crippen molar-refractivity contribution in [3.05, 3.63) is 23.8 Å². The molecule has 1 fully saturated rings. The van der Waals surface area contributed by atoms with Crippen molar-refractivity contribution in [3.8, 4) is 11.5 Å². The van der Waals surface area contributed by atoms with Gasteiger partial charge in [0.2, 0.25) is 0 Å². The molecule has 0 saturated carbocycles. The molecule has 1 atom stereocenters. The van der Waals surface area contributed by atoms with E-state index in [4.69, 9.17) is 5.73 Å². The fraction of sp³-hybridized carbons (Fsp3) is 0.571. The lowest BCUT2D eigenvalue weighted by atomic mass is 10.0. The van der Waals surface area contributed by atoms with E-state index in [0.29, 0.717) is 6.54 Å². The van der Waals surface area contributed by atoms with Crippen LogP contribution in [0.4, 0.5) is 0 Å². The lowest BCUT2D eigenvalue weighted by Gasteiger charge is -2.30. The molecule has 0 amide bonds. The number of aromatic hydroxyl groups is 2. The van der Waals surface area contributed by atoms with E-state index in [1.807, 2.05) is 0 Å². The number of nitrogens with zero attached hydrogens (tertiary/aromatic N) is 1. The van der Waals surface area contributed by atoms with Gasteiger partial charge in [0, 0.05) is 18.2 Å². The van der Waals surface area contributed by atoms with Crippen LogP contribution in [0, 0.1) is 0 Å². The molecule has 0 radical (unpaired) electrons. The summed E-state index contributed by atoms with van der Waals surface area (Å²) >= 11 is 0. The molecule has 1 heterocycles. The highest BCUT2D eigenvalue weighted by atomic mass is 16.3. The maximum Gasteiger partial charge on any atom is 0.124 e. The number of likely N-dealkylation sites (tertiary alicyclic amines) is 1. The van der Waals surface area contributed by atoms with Crippen LogP contribution in [0.2, 0.25) is 0 Å². The van der Waals surface area contributed by atoms with E-state index in [9.17, 15) is 10.2 Å². The number of hydrogen-bond donors (Lipinski definition) is 3. The number of phenolic OH excluding ortho intramolecular Hbond substituents is 2. The maximum atomic E-state index is 9.95. The van der Waals surface area contributed by atoms with Crippen molar-refractivity contribution in [3.63, 3.8) is 0 Å². The van der Waals surface area contributed by atoms with Gasteiger partial charge >= 0.3 is 0 Å². The fourth-order valence-corrected chi connectivity index (χ4v) is 2.69. The summed E-state index contributed by atoms with van der Waals surface area (Å²) in [6.07, 6.45) is 4.93. The molecule has 0 aliphatic carbocycles. The van der Waals surface area contributed by atoms with Crippen LogP contribution in [-0.4, -0.2) is 34.7 Å². The first kappa shape index (κ1) is 13.2. The van der Waals surface area contributed by atoms with Gasteiger partial charge in [0.15, 0.2) is 0 Å². The predicted molar refractivity (Wildman–Crippen MR) is 71.6 cm³/mol. The van der Waals surface area contributed by atoms with Gasteiger partial charge < -0.3 is 15.9 Å². The van der Waals surface area contributed by atoms with Gasteiger partial charge in [-0.3, -0.25) is 4.90 Å². The van der Waals surface area contributed by atoms with Gasteiger partial charge in [0.1, 0.15) is 11.5 Å². The Balaban J connectivity index is 2.20. The van der Waals surface area contributed by atoms with Crippen molar-refractivity contribution in [1.29, 1.82) is 0 Å². The molecule has 1 unspecified atom stereocenters. The summed E-state index contributed by atoms with van der Waals surface area (Å²) in [6, 6.07) is 4.81. The van der Waals surface area contributed by atoms with E-state index in [0.717, 1.165) is 18.7 Å². The van der Waals surface area contributed by atoms with Crippen molar-refractivity contribution >= 4 is 0 Å². The third kappa shape index (κ3) is 2.94. The van der Waals surface area contributed by atoms with E-state index in [-0.39, 0.29) is 17.5 Å². The summed E-state index contributed by atoms with van der Waals surface area (Å²) in [5, 5.41) is 19.3. The number of rotatable bonds is 3. The third-order valence-electron chi connectivity index (χ3n) is 3.68. The Morgan fingerprint density at radius 2 is 1.78 bits per heavy atom. The molecule has 1 aliphatic rings. The number of hydrogen-bond acceptors (Lipinski definition) is 4. The lowest BCUT2D eigenvalue weighted by molar-refractivity contribution is 0.206. The second-order valence-electron chi connectivity index (χ2n) is 4.94. The number of nitrogens with two attached hydrogens (primary N) is 1. The van der Waals surface area contributed by atoms with Crippen LogP contribution >= 0.6 is 0 Å². The zero-order valence-electron chi connectivity index (χ0n) is 10.7. The molecule has 4 heteroatoms. The average Bonchev–Trinajstić information content (AvgIpc) is 2.62. The Morgan fingerprint density at radius 3 is 2.33 bits per heavy atom. The second-order valence-corrected chi connectivity index (χ2v) is 4.94. The van der Waals surface area contributed by atoms with Crippen LogP contribution in [-0.2, 0) is 0 Å². The molecule has 1 aliphatic heterocycles. The topological polar surface area (TPSA) is 69.7 Å². The molecule has 4 N–H and O–H groups in total. The molecular weight excluding hydrogens is 228 g/mol. The van der Waals surface area contributed by atoms with Gasteiger partial charge in [-0.05, 0) is 32.0 Å². The molecule has 0 bridgehead atoms. The lowest BCUT2D eigenvalue weighted by Crippen LogP contribution is -2.34.